The molecule has 3 heterocycles. The Hall–Kier alpha value is -7.34. The van der Waals surface area contributed by atoms with Crippen LogP contribution in [0.1, 0.15) is 5.56 Å². The zero-order valence-corrected chi connectivity index (χ0v) is 33.9. The van der Waals surface area contributed by atoms with Crippen molar-refractivity contribution in [2.45, 2.75) is 6.92 Å². The summed E-state index contributed by atoms with van der Waals surface area (Å²) in [6.45, 7) is 2.14. The summed E-state index contributed by atoms with van der Waals surface area (Å²) in [5.74, 6) is 0. The maximum absolute atomic E-state index is 3.90. The van der Waals surface area contributed by atoms with Crippen LogP contribution < -0.4 is 21.1 Å². The highest BCUT2D eigenvalue weighted by Gasteiger charge is 2.30. The molecule has 282 valence electrons. The van der Waals surface area contributed by atoms with Crippen molar-refractivity contribution in [1.29, 1.82) is 0 Å². The van der Waals surface area contributed by atoms with Gasteiger partial charge in [-0.1, -0.05) is 126 Å². The van der Waals surface area contributed by atoms with Crippen molar-refractivity contribution in [3.8, 4) is 27.9 Å². The summed E-state index contributed by atoms with van der Waals surface area (Å²) in [6, 6.07) is 73.3. The number of aryl methyl sites for hydroxylation is 1. The highest BCUT2D eigenvalue weighted by Crippen LogP contribution is 2.46. The minimum Gasteiger partial charge on any atom is -0.355 e. The van der Waals surface area contributed by atoms with E-state index in [1.54, 1.807) is 0 Å². The number of hydrogen-bond acceptors (Lipinski definition) is 3. The summed E-state index contributed by atoms with van der Waals surface area (Å²) in [4.78, 5) is 2.37. The molecule has 0 unspecified atom stereocenters. The molecule has 1 aliphatic heterocycles. The number of benzene rings is 9. The molecule has 2 aromatic heterocycles. The molecule has 0 spiro atoms. The van der Waals surface area contributed by atoms with E-state index < -0.39 is 0 Å². The van der Waals surface area contributed by atoms with Crippen LogP contribution in [0.2, 0.25) is 0 Å². The molecule has 5 heteroatoms. The quantitative estimate of drug-likeness (QED) is 0.163. The summed E-state index contributed by atoms with van der Waals surface area (Å²) in [7, 11) is 0.812. The fourth-order valence-corrected chi connectivity index (χ4v) is 10.6. The van der Waals surface area contributed by atoms with Crippen molar-refractivity contribution >= 4 is 100.0 Å². The van der Waals surface area contributed by atoms with Crippen LogP contribution in [0.15, 0.2) is 200 Å². The number of fused-ring (bicyclic) bond motifs is 8. The molecule has 1 N–H and O–H groups in total. The van der Waals surface area contributed by atoms with Crippen molar-refractivity contribution in [2.75, 3.05) is 10.2 Å². The molecule has 60 heavy (non-hydrogen) atoms. The lowest BCUT2D eigenvalue weighted by atomic mass is 9.58. The minimum absolute atomic E-state index is 0.812. The van der Waals surface area contributed by atoms with Gasteiger partial charge in [-0.25, -0.2) is 0 Å². The van der Waals surface area contributed by atoms with Gasteiger partial charge in [0.15, 0.2) is 7.28 Å². The van der Waals surface area contributed by atoms with E-state index in [-0.39, 0.29) is 0 Å². The lowest BCUT2D eigenvalue weighted by Crippen LogP contribution is -2.37. The fraction of sp³-hybridized carbons (Fsp3) is 0.0182. The number of para-hydroxylation sites is 3. The number of nitrogens with zero attached hydrogens (tertiary/aromatic N) is 2. The van der Waals surface area contributed by atoms with Crippen LogP contribution in [-0.2, 0) is 0 Å². The van der Waals surface area contributed by atoms with Crippen LogP contribution in [0.3, 0.4) is 0 Å². The molecule has 0 radical (unpaired) electrons. The molecule has 9 aromatic carbocycles. The van der Waals surface area contributed by atoms with Crippen molar-refractivity contribution in [2.24, 2.45) is 0 Å². The van der Waals surface area contributed by atoms with Gasteiger partial charge in [-0.05, 0) is 114 Å². The third-order valence-electron chi connectivity index (χ3n) is 12.2. The van der Waals surface area contributed by atoms with Crippen molar-refractivity contribution in [3.05, 3.63) is 206 Å². The van der Waals surface area contributed by atoms with Gasteiger partial charge in [0, 0.05) is 76.1 Å². The first-order valence-corrected chi connectivity index (χ1v) is 21.5. The van der Waals surface area contributed by atoms with Gasteiger partial charge < -0.3 is 14.8 Å². The Labute approximate surface area is 353 Å². The summed E-state index contributed by atoms with van der Waals surface area (Å²) < 4.78 is 5.24. The molecule has 0 aliphatic carbocycles. The second-order valence-electron chi connectivity index (χ2n) is 15.9. The number of aromatic nitrogens is 1. The van der Waals surface area contributed by atoms with Gasteiger partial charge in [-0.3, -0.25) is 0 Å². The molecule has 0 amide bonds. The summed E-state index contributed by atoms with van der Waals surface area (Å²) >= 11 is 1.90. The average Bonchev–Trinajstić information content (AvgIpc) is 3.84. The third-order valence-corrected chi connectivity index (χ3v) is 13.4. The Morgan fingerprint density at radius 3 is 1.93 bits per heavy atom. The first-order valence-electron chi connectivity index (χ1n) is 20.6. The van der Waals surface area contributed by atoms with Crippen LogP contribution in [-0.4, -0.2) is 11.8 Å². The number of anilines is 5. The number of nitrogens with one attached hydrogen (secondary N) is 1. The average molecular weight is 784 g/mol. The Balaban J connectivity index is 1.19. The topological polar surface area (TPSA) is 20.2 Å². The van der Waals surface area contributed by atoms with Gasteiger partial charge in [0.05, 0.1) is 5.52 Å². The molecule has 12 rings (SSSR count). The smallest absolute Gasteiger partial charge is 0.198 e. The second kappa shape index (κ2) is 13.9. The third kappa shape index (κ3) is 5.58. The van der Waals surface area contributed by atoms with Gasteiger partial charge in [-0.15, -0.1) is 11.3 Å². The highest BCUT2D eigenvalue weighted by molar-refractivity contribution is 7.26. The number of thiophene rings is 1. The van der Waals surface area contributed by atoms with Crippen molar-refractivity contribution < 1.29 is 0 Å². The van der Waals surface area contributed by atoms with Crippen molar-refractivity contribution in [3.63, 3.8) is 0 Å². The van der Waals surface area contributed by atoms with E-state index in [0.29, 0.717) is 0 Å². The van der Waals surface area contributed by atoms with E-state index in [2.05, 4.69) is 222 Å². The Kier molecular flexibility index (Phi) is 8.04. The van der Waals surface area contributed by atoms with E-state index in [4.69, 9.17) is 0 Å². The maximum atomic E-state index is 3.90. The number of rotatable bonds is 7. The summed E-state index contributed by atoms with van der Waals surface area (Å²) in [5, 5.41) is 9.11. The molecule has 0 saturated carbocycles. The van der Waals surface area contributed by atoms with E-state index in [1.807, 2.05) is 11.3 Å². The van der Waals surface area contributed by atoms with Crippen LogP contribution in [0.25, 0.3) is 69.9 Å². The van der Waals surface area contributed by atoms with E-state index in [9.17, 15) is 0 Å². The zero-order chi connectivity index (χ0) is 39.7. The molecular formula is C55H38BN3S. The predicted molar refractivity (Wildman–Crippen MR) is 260 cm³/mol. The zero-order valence-electron chi connectivity index (χ0n) is 33.1. The Morgan fingerprint density at radius 2 is 1.18 bits per heavy atom. The van der Waals surface area contributed by atoms with E-state index in [0.717, 1.165) is 41.3 Å². The molecule has 1 aliphatic rings. The maximum Gasteiger partial charge on any atom is 0.198 e. The van der Waals surface area contributed by atoms with Crippen LogP contribution in [0.5, 0.6) is 0 Å². The lowest BCUT2D eigenvalue weighted by Gasteiger charge is -2.28. The SMILES string of the molecule is Cc1ccc(Nc2ccc(N(c3ccccc3)c3ccccc3)cc2-c2cc(-c3ccccc3)c3c4ccccc4n4c3c2Bc2cc3sc5ccccc5c3cc2-4)cc1. The molecule has 0 fully saturated rings. The Bertz CT molecular complexity index is 3390. The first kappa shape index (κ1) is 34.7. The van der Waals surface area contributed by atoms with Gasteiger partial charge in [0.25, 0.3) is 0 Å². The lowest BCUT2D eigenvalue weighted by molar-refractivity contribution is 1.20. The summed E-state index contributed by atoms with van der Waals surface area (Å²) in [5.41, 5.74) is 18.0. The van der Waals surface area contributed by atoms with Gasteiger partial charge in [0.2, 0.25) is 0 Å². The van der Waals surface area contributed by atoms with Crippen LogP contribution >= 0.6 is 11.3 Å². The molecule has 3 nitrogen and oxygen atoms in total. The van der Waals surface area contributed by atoms with Crippen LogP contribution in [0, 0.1) is 6.92 Å². The highest BCUT2D eigenvalue weighted by atomic mass is 32.1. The fourth-order valence-electron chi connectivity index (χ4n) is 9.48. The summed E-state index contributed by atoms with van der Waals surface area (Å²) in [6.07, 6.45) is 0. The molecule has 0 saturated heterocycles. The van der Waals surface area contributed by atoms with Crippen LogP contribution in [0.4, 0.5) is 28.4 Å². The molecular weight excluding hydrogens is 746 g/mol. The van der Waals surface area contributed by atoms with Crippen molar-refractivity contribution in [1.82, 2.24) is 4.57 Å². The molecule has 0 atom stereocenters. The largest absolute Gasteiger partial charge is 0.355 e. The predicted octanol–water partition coefficient (Wildman–Crippen LogP) is 13.7. The second-order valence-corrected chi connectivity index (χ2v) is 17.0. The standard InChI is InChI=1S/C55H38BN3S/c1-35-25-27-37(28-26-35)57-48-30-29-40(58(38-17-7-3-8-18-38)39-19-9-4-10-20-39)31-44(48)46-32-43(36-15-5-2-6-16-36)53-42-22-11-13-23-49(42)59-50-33-45-41-21-12-14-24-51(41)60-52(45)34-47(50)56-54(46)55(53)59/h2-34,56-57H,1H3. The molecule has 11 aromatic rings. The van der Waals surface area contributed by atoms with Gasteiger partial charge in [0.1, 0.15) is 0 Å². The molecule has 0 bridgehead atoms. The monoisotopic (exact) mass is 783 g/mol. The Morgan fingerprint density at radius 1 is 0.517 bits per heavy atom. The van der Waals surface area contributed by atoms with Gasteiger partial charge >= 0.3 is 0 Å². The van der Waals surface area contributed by atoms with E-state index >= 15 is 0 Å². The number of hydrogen-bond donors (Lipinski definition) is 1. The van der Waals surface area contributed by atoms with Gasteiger partial charge in [-0.2, -0.15) is 0 Å². The van der Waals surface area contributed by atoms with E-state index in [1.165, 1.54) is 80.8 Å². The first-order chi connectivity index (χ1) is 29.7. The minimum atomic E-state index is 0.812. The normalized spacial score (nSPS) is 11.9.